The minimum Gasteiger partial charge on any atom is -0.507 e. The molecule has 102 valence electrons. The van der Waals surface area contributed by atoms with Crippen LogP contribution in [0.2, 0.25) is 0 Å². The van der Waals surface area contributed by atoms with E-state index in [2.05, 4.69) is 53.7 Å². The van der Waals surface area contributed by atoms with Crippen LogP contribution < -0.4 is 0 Å². The van der Waals surface area contributed by atoms with Gasteiger partial charge in [-0.3, -0.25) is 0 Å². The van der Waals surface area contributed by atoms with Crippen molar-refractivity contribution in [3.63, 3.8) is 0 Å². The van der Waals surface area contributed by atoms with Crippen molar-refractivity contribution in [1.29, 1.82) is 0 Å². The van der Waals surface area contributed by atoms with Crippen LogP contribution >= 0.6 is 0 Å². The minimum absolute atomic E-state index is 0.0522. The summed E-state index contributed by atoms with van der Waals surface area (Å²) in [6, 6.07) is 4.27. The van der Waals surface area contributed by atoms with Gasteiger partial charge in [-0.25, -0.2) is 0 Å². The Morgan fingerprint density at radius 2 is 1.83 bits per heavy atom. The predicted octanol–water partition coefficient (Wildman–Crippen LogP) is 4.98. The summed E-state index contributed by atoms with van der Waals surface area (Å²) in [6.07, 6.45) is 3.19. The quantitative estimate of drug-likeness (QED) is 0.779. The molecule has 1 aromatic rings. The number of phenols is 1. The lowest BCUT2D eigenvalue weighted by atomic mass is 9.78. The van der Waals surface area contributed by atoms with Gasteiger partial charge >= 0.3 is 0 Å². The maximum absolute atomic E-state index is 10.5. The van der Waals surface area contributed by atoms with Gasteiger partial charge in [0, 0.05) is 5.56 Å². The summed E-state index contributed by atoms with van der Waals surface area (Å²) in [6.45, 7) is 13.2. The fourth-order valence-corrected chi connectivity index (χ4v) is 2.72. The van der Waals surface area contributed by atoms with E-state index in [-0.39, 0.29) is 5.41 Å². The van der Waals surface area contributed by atoms with Crippen molar-refractivity contribution in [3.8, 4) is 5.75 Å². The summed E-state index contributed by atoms with van der Waals surface area (Å²) in [5.41, 5.74) is 3.52. The van der Waals surface area contributed by atoms with Crippen molar-refractivity contribution < 1.29 is 5.11 Å². The van der Waals surface area contributed by atoms with E-state index in [0.717, 1.165) is 30.4 Å². The van der Waals surface area contributed by atoms with E-state index in [4.69, 9.17) is 0 Å². The van der Waals surface area contributed by atoms with Crippen LogP contribution in [0, 0.1) is 12.8 Å². The Kier molecular flexibility index (Phi) is 4.84. The van der Waals surface area contributed by atoms with Crippen molar-refractivity contribution in [2.75, 3.05) is 0 Å². The molecule has 0 atom stereocenters. The third-order valence-corrected chi connectivity index (χ3v) is 3.57. The van der Waals surface area contributed by atoms with Crippen LogP contribution in [0.5, 0.6) is 5.75 Å². The van der Waals surface area contributed by atoms with Gasteiger partial charge in [-0.2, -0.15) is 0 Å². The van der Waals surface area contributed by atoms with E-state index in [1.165, 1.54) is 5.56 Å². The molecule has 0 amide bonds. The molecule has 1 aromatic carbocycles. The number of aromatic hydroxyl groups is 1. The van der Waals surface area contributed by atoms with E-state index in [9.17, 15) is 5.11 Å². The molecule has 1 heteroatoms. The van der Waals surface area contributed by atoms with Crippen LogP contribution in [-0.4, -0.2) is 5.11 Å². The summed E-state index contributed by atoms with van der Waals surface area (Å²) in [4.78, 5) is 0. The summed E-state index contributed by atoms with van der Waals surface area (Å²) in [5, 5.41) is 10.5. The first-order valence-electron chi connectivity index (χ1n) is 7.11. The molecule has 1 rings (SSSR count). The molecule has 0 fully saturated rings. The second kappa shape index (κ2) is 5.77. The Labute approximate surface area is 112 Å². The van der Waals surface area contributed by atoms with Gasteiger partial charge in [0.25, 0.3) is 0 Å². The first-order valence-corrected chi connectivity index (χ1v) is 7.11. The minimum atomic E-state index is 0.0522. The second-order valence-corrected chi connectivity index (χ2v) is 6.55. The van der Waals surface area contributed by atoms with Crippen LogP contribution in [0.4, 0.5) is 0 Å². The van der Waals surface area contributed by atoms with Crippen LogP contribution in [0.25, 0.3) is 0 Å². The van der Waals surface area contributed by atoms with Crippen molar-refractivity contribution in [2.24, 2.45) is 5.92 Å². The normalized spacial score (nSPS) is 12.2. The monoisotopic (exact) mass is 248 g/mol. The van der Waals surface area contributed by atoms with Crippen molar-refractivity contribution in [3.05, 3.63) is 28.8 Å². The van der Waals surface area contributed by atoms with E-state index < -0.39 is 0 Å². The SMILES string of the molecule is CCCC(C)(C)c1cc(C)cc(CC(C)C)c1O. The lowest BCUT2D eigenvalue weighted by molar-refractivity contribution is 0.410. The van der Waals surface area contributed by atoms with Crippen molar-refractivity contribution in [2.45, 2.75) is 66.2 Å². The zero-order valence-corrected chi connectivity index (χ0v) is 12.8. The van der Waals surface area contributed by atoms with Gasteiger partial charge in [-0.05, 0) is 36.7 Å². The zero-order valence-electron chi connectivity index (χ0n) is 12.8. The molecule has 0 aliphatic heterocycles. The molecule has 1 N–H and O–H groups in total. The molecular weight excluding hydrogens is 220 g/mol. The van der Waals surface area contributed by atoms with Gasteiger partial charge in [0.1, 0.15) is 5.75 Å². The Balaban J connectivity index is 3.24. The Bertz CT molecular complexity index is 402. The van der Waals surface area contributed by atoms with Crippen LogP contribution in [0.1, 0.15) is 64.2 Å². The Morgan fingerprint density at radius 1 is 1.22 bits per heavy atom. The largest absolute Gasteiger partial charge is 0.507 e. The van der Waals surface area contributed by atoms with Gasteiger partial charge in [0.2, 0.25) is 0 Å². The summed E-state index contributed by atoms with van der Waals surface area (Å²) >= 11 is 0. The summed E-state index contributed by atoms with van der Waals surface area (Å²) in [7, 11) is 0. The third kappa shape index (κ3) is 3.51. The molecular formula is C17H28O. The van der Waals surface area contributed by atoms with Gasteiger partial charge in [-0.1, -0.05) is 58.7 Å². The van der Waals surface area contributed by atoms with Gasteiger partial charge in [0.15, 0.2) is 0 Å². The lowest BCUT2D eigenvalue weighted by Crippen LogP contribution is -2.18. The van der Waals surface area contributed by atoms with Gasteiger partial charge in [0.05, 0.1) is 0 Å². The number of aryl methyl sites for hydroxylation is 1. The van der Waals surface area contributed by atoms with E-state index in [1.807, 2.05) is 0 Å². The maximum atomic E-state index is 10.5. The third-order valence-electron chi connectivity index (χ3n) is 3.57. The zero-order chi connectivity index (χ0) is 13.9. The Morgan fingerprint density at radius 3 is 2.33 bits per heavy atom. The first kappa shape index (κ1) is 15.1. The molecule has 0 radical (unpaired) electrons. The lowest BCUT2D eigenvalue weighted by Gasteiger charge is -2.27. The highest BCUT2D eigenvalue weighted by atomic mass is 16.3. The maximum Gasteiger partial charge on any atom is 0.122 e. The average Bonchev–Trinajstić information content (AvgIpc) is 2.21. The van der Waals surface area contributed by atoms with Crippen LogP contribution in [0.3, 0.4) is 0 Å². The van der Waals surface area contributed by atoms with Crippen LogP contribution in [0.15, 0.2) is 12.1 Å². The van der Waals surface area contributed by atoms with E-state index >= 15 is 0 Å². The Hall–Kier alpha value is -0.980. The number of phenolic OH excluding ortho intramolecular Hbond substituents is 1. The molecule has 0 bridgehead atoms. The highest BCUT2D eigenvalue weighted by molar-refractivity contribution is 5.47. The number of benzene rings is 1. The van der Waals surface area contributed by atoms with Crippen molar-refractivity contribution >= 4 is 0 Å². The summed E-state index contributed by atoms with van der Waals surface area (Å²) < 4.78 is 0. The molecule has 1 nitrogen and oxygen atoms in total. The number of rotatable bonds is 5. The predicted molar refractivity (Wildman–Crippen MR) is 79.3 cm³/mol. The number of hydrogen-bond acceptors (Lipinski definition) is 1. The molecule has 0 aliphatic carbocycles. The van der Waals surface area contributed by atoms with E-state index in [0.29, 0.717) is 11.7 Å². The highest BCUT2D eigenvalue weighted by Crippen LogP contribution is 2.38. The molecule has 0 saturated heterocycles. The standard InChI is InChI=1S/C17H28O/c1-7-8-17(5,6)15-11-13(4)10-14(16(15)18)9-12(2)3/h10-12,18H,7-9H2,1-6H3. The fraction of sp³-hybridized carbons (Fsp3) is 0.647. The van der Waals surface area contributed by atoms with Gasteiger partial charge < -0.3 is 5.11 Å². The van der Waals surface area contributed by atoms with Crippen LogP contribution in [-0.2, 0) is 11.8 Å². The van der Waals surface area contributed by atoms with E-state index in [1.54, 1.807) is 0 Å². The molecule has 0 aliphatic rings. The first-order chi connectivity index (χ1) is 8.27. The molecule has 0 aromatic heterocycles. The second-order valence-electron chi connectivity index (χ2n) is 6.55. The molecule has 18 heavy (non-hydrogen) atoms. The smallest absolute Gasteiger partial charge is 0.122 e. The van der Waals surface area contributed by atoms with Gasteiger partial charge in [-0.15, -0.1) is 0 Å². The topological polar surface area (TPSA) is 20.2 Å². The average molecular weight is 248 g/mol. The molecule has 0 unspecified atom stereocenters. The molecule has 0 heterocycles. The summed E-state index contributed by atoms with van der Waals surface area (Å²) in [5.74, 6) is 1.09. The highest BCUT2D eigenvalue weighted by Gasteiger charge is 2.24. The number of hydrogen-bond donors (Lipinski definition) is 1. The molecule has 0 saturated carbocycles. The van der Waals surface area contributed by atoms with Crippen molar-refractivity contribution in [1.82, 2.24) is 0 Å². The molecule has 0 spiro atoms. The fourth-order valence-electron chi connectivity index (χ4n) is 2.72.